The number of nitriles is 1. The lowest BCUT2D eigenvalue weighted by Crippen LogP contribution is -1.84. The predicted molar refractivity (Wildman–Crippen MR) is 75.9 cm³/mol. The molecule has 2 aromatic carbocycles. The number of nitrogens with zero attached hydrogens (tertiary/aromatic N) is 1. The molecular formula is C15H11ClN2. The molecule has 2 rings (SSSR count). The van der Waals surface area contributed by atoms with Crippen molar-refractivity contribution in [1.29, 1.82) is 5.26 Å². The summed E-state index contributed by atoms with van der Waals surface area (Å²) in [6.45, 7) is 0. The summed E-state index contributed by atoms with van der Waals surface area (Å²) < 4.78 is 0. The zero-order chi connectivity index (χ0) is 13.0. The van der Waals surface area contributed by atoms with E-state index in [4.69, 9.17) is 22.6 Å². The van der Waals surface area contributed by atoms with Crippen molar-refractivity contribution in [2.45, 2.75) is 0 Å². The van der Waals surface area contributed by atoms with E-state index in [0.717, 1.165) is 11.1 Å². The second-order valence-corrected chi connectivity index (χ2v) is 4.26. The molecule has 0 aliphatic rings. The van der Waals surface area contributed by atoms with Crippen LogP contribution in [0.15, 0.2) is 42.5 Å². The highest BCUT2D eigenvalue weighted by Gasteiger charge is 1.97. The van der Waals surface area contributed by atoms with E-state index in [0.29, 0.717) is 16.3 Å². The molecule has 18 heavy (non-hydrogen) atoms. The fraction of sp³-hybridized carbons (Fsp3) is 0. The molecule has 0 atom stereocenters. The van der Waals surface area contributed by atoms with Gasteiger partial charge >= 0.3 is 0 Å². The van der Waals surface area contributed by atoms with Crippen molar-refractivity contribution in [3.05, 3.63) is 64.2 Å². The van der Waals surface area contributed by atoms with Crippen LogP contribution < -0.4 is 5.73 Å². The number of rotatable bonds is 2. The van der Waals surface area contributed by atoms with Crippen LogP contribution in [0.25, 0.3) is 12.2 Å². The maximum absolute atomic E-state index is 8.81. The normalized spacial score (nSPS) is 10.4. The first-order valence-electron chi connectivity index (χ1n) is 5.42. The summed E-state index contributed by atoms with van der Waals surface area (Å²) in [5.74, 6) is 0. The molecule has 0 aliphatic carbocycles. The summed E-state index contributed by atoms with van der Waals surface area (Å²) in [6, 6.07) is 14.9. The third-order valence-corrected chi connectivity index (χ3v) is 2.82. The van der Waals surface area contributed by atoms with Crippen LogP contribution >= 0.6 is 11.6 Å². The summed E-state index contributed by atoms with van der Waals surface area (Å²) in [5.41, 5.74) is 8.77. The quantitative estimate of drug-likeness (QED) is 0.651. The summed E-state index contributed by atoms with van der Waals surface area (Å²) in [4.78, 5) is 0. The standard InChI is InChI=1S/C15H11ClN2/c16-15-9-14(18)7-6-13(15)5-4-11-2-1-3-12(8-11)10-17/h1-9H,18H2. The molecule has 0 spiro atoms. The van der Waals surface area contributed by atoms with Crippen LogP contribution in [0.2, 0.25) is 5.02 Å². The predicted octanol–water partition coefficient (Wildman–Crippen LogP) is 3.96. The zero-order valence-corrected chi connectivity index (χ0v) is 10.4. The lowest BCUT2D eigenvalue weighted by molar-refractivity contribution is 1.48. The van der Waals surface area contributed by atoms with Crippen LogP contribution in [0.4, 0.5) is 5.69 Å². The van der Waals surface area contributed by atoms with Crippen molar-refractivity contribution < 1.29 is 0 Å². The fourth-order valence-corrected chi connectivity index (χ4v) is 1.83. The number of hydrogen-bond donors (Lipinski definition) is 1. The molecule has 2 nitrogen and oxygen atoms in total. The Hall–Kier alpha value is -2.24. The van der Waals surface area contributed by atoms with Crippen molar-refractivity contribution in [3.63, 3.8) is 0 Å². The molecule has 0 bridgehead atoms. The Morgan fingerprint density at radius 3 is 2.67 bits per heavy atom. The first-order valence-corrected chi connectivity index (χ1v) is 5.80. The Kier molecular flexibility index (Phi) is 3.66. The van der Waals surface area contributed by atoms with Crippen molar-refractivity contribution in [1.82, 2.24) is 0 Å². The molecule has 88 valence electrons. The molecule has 0 radical (unpaired) electrons. The van der Waals surface area contributed by atoms with E-state index in [2.05, 4.69) is 6.07 Å². The van der Waals surface area contributed by atoms with Crippen molar-refractivity contribution in [2.24, 2.45) is 0 Å². The first-order chi connectivity index (χ1) is 8.69. The minimum Gasteiger partial charge on any atom is -0.399 e. The van der Waals surface area contributed by atoms with Gasteiger partial charge < -0.3 is 5.73 Å². The number of nitrogens with two attached hydrogens (primary N) is 1. The van der Waals surface area contributed by atoms with Gasteiger partial charge in [0, 0.05) is 10.7 Å². The van der Waals surface area contributed by atoms with Crippen molar-refractivity contribution in [3.8, 4) is 6.07 Å². The molecule has 0 fully saturated rings. The minimum atomic E-state index is 0.614. The minimum absolute atomic E-state index is 0.614. The van der Waals surface area contributed by atoms with E-state index in [-0.39, 0.29) is 0 Å². The summed E-state index contributed by atoms with van der Waals surface area (Å²) in [5, 5.41) is 9.43. The molecule has 0 saturated heterocycles. The number of hydrogen-bond acceptors (Lipinski definition) is 2. The second-order valence-electron chi connectivity index (χ2n) is 3.85. The summed E-state index contributed by atoms with van der Waals surface area (Å²) in [6.07, 6.45) is 3.82. The van der Waals surface area contributed by atoms with Gasteiger partial charge in [-0.15, -0.1) is 0 Å². The summed E-state index contributed by atoms with van der Waals surface area (Å²) in [7, 11) is 0. The van der Waals surface area contributed by atoms with Gasteiger partial charge in [-0.05, 0) is 35.4 Å². The molecule has 0 saturated carbocycles. The van der Waals surface area contributed by atoms with Gasteiger partial charge in [0.1, 0.15) is 0 Å². The van der Waals surface area contributed by atoms with E-state index < -0.39 is 0 Å². The number of anilines is 1. The Morgan fingerprint density at radius 2 is 1.94 bits per heavy atom. The Balaban J connectivity index is 2.27. The third-order valence-electron chi connectivity index (χ3n) is 2.50. The fourth-order valence-electron chi connectivity index (χ4n) is 1.58. The monoisotopic (exact) mass is 254 g/mol. The zero-order valence-electron chi connectivity index (χ0n) is 9.60. The van der Waals surface area contributed by atoms with Gasteiger partial charge in [0.15, 0.2) is 0 Å². The summed E-state index contributed by atoms with van der Waals surface area (Å²) >= 11 is 6.07. The van der Waals surface area contributed by atoms with Crippen LogP contribution in [-0.2, 0) is 0 Å². The van der Waals surface area contributed by atoms with Crippen LogP contribution in [0.5, 0.6) is 0 Å². The van der Waals surface area contributed by atoms with Gasteiger partial charge in [-0.3, -0.25) is 0 Å². The lowest BCUT2D eigenvalue weighted by atomic mass is 10.1. The van der Waals surface area contributed by atoms with Crippen LogP contribution in [-0.4, -0.2) is 0 Å². The number of nitrogen functional groups attached to an aromatic ring is 1. The van der Waals surface area contributed by atoms with Gasteiger partial charge in [-0.2, -0.15) is 5.26 Å². The van der Waals surface area contributed by atoms with Gasteiger partial charge in [0.25, 0.3) is 0 Å². The van der Waals surface area contributed by atoms with E-state index in [1.165, 1.54) is 0 Å². The molecule has 0 unspecified atom stereocenters. The topological polar surface area (TPSA) is 49.8 Å². The average molecular weight is 255 g/mol. The largest absolute Gasteiger partial charge is 0.399 e. The highest BCUT2D eigenvalue weighted by atomic mass is 35.5. The molecule has 0 heterocycles. The van der Waals surface area contributed by atoms with Crippen LogP contribution in [0.1, 0.15) is 16.7 Å². The smallest absolute Gasteiger partial charge is 0.0991 e. The third kappa shape index (κ3) is 2.91. The highest BCUT2D eigenvalue weighted by molar-refractivity contribution is 6.32. The lowest BCUT2D eigenvalue weighted by Gasteiger charge is -2.00. The SMILES string of the molecule is N#Cc1cccc(C=Cc2ccc(N)cc2Cl)c1. The number of benzene rings is 2. The average Bonchev–Trinajstić information content (AvgIpc) is 2.38. The maximum Gasteiger partial charge on any atom is 0.0991 e. The molecule has 0 amide bonds. The van der Waals surface area contributed by atoms with E-state index in [9.17, 15) is 0 Å². The Morgan fingerprint density at radius 1 is 1.11 bits per heavy atom. The van der Waals surface area contributed by atoms with Gasteiger partial charge in [0.2, 0.25) is 0 Å². The van der Waals surface area contributed by atoms with Crippen LogP contribution in [0.3, 0.4) is 0 Å². The number of halogens is 1. The van der Waals surface area contributed by atoms with Gasteiger partial charge in [-0.1, -0.05) is 42.0 Å². The van der Waals surface area contributed by atoms with E-state index >= 15 is 0 Å². The van der Waals surface area contributed by atoms with Crippen LogP contribution in [0, 0.1) is 11.3 Å². The van der Waals surface area contributed by atoms with E-state index in [1.54, 1.807) is 18.2 Å². The second kappa shape index (κ2) is 5.39. The highest BCUT2D eigenvalue weighted by Crippen LogP contribution is 2.21. The van der Waals surface area contributed by atoms with Gasteiger partial charge in [0.05, 0.1) is 11.6 Å². The first kappa shape index (κ1) is 12.2. The van der Waals surface area contributed by atoms with E-state index in [1.807, 2.05) is 36.4 Å². The van der Waals surface area contributed by atoms with Gasteiger partial charge in [-0.25, -0.2) is 0 Å². The van der Waals surface area contributed by atoms with Crippen molar-refractivity contribution >= 4 is 29.4 Å². The molecular weight excluding hydrogens is 244 g/mol. The molecule has 3 heteroatoms. The molecule has 0 aromatic heterocycles. The van der Waals surface area contributed by atoms with Crippen molar-refractivity contribution in [2.75, 3.05) is 5.73 Å². The molecule has 2 N–H and O–H groups in total. The molecule has 2 aromatic rings. The maximum atomic E-state index is 8.81. The Bertz CT molecular complexity index is 639. The Labute approximate surface area is 111 Å². The molecule has 0 aliphatic heterocycles.